The Labute approximate surface area is 158 Å². The molecule has 0 rings (SSSR count). The van der Waals surface area contributed by atoms with E-state index in [0.717, 1.165) is 45.6 Å². The average molecular weight is 443 g/mol. The van der Waals surface area contributed by atoms with Gasteiger partial charge in [0.1, 0.15) is 6.54 Å². The monoisotopic (exact) mass is 443 g/mol. The zero-order valence-corrected chi connectivity index (χ0v) is 17.6. The number of guanidine groups is 1. The summed E-state index contributed by atoms with van der Waals surface area (Å²) in [5.41, 5.74) is 0. The van der Waals surface area contributed by atoms with Crippen LogP contribution >= 0.6 is 24.0 Å². The Morgan fingerprint density at radius 1 is 1.13 bits per heavy atom. The van der Waals surface area contributed by atoms with Gasteiger partial charge in [-0.25, -0.2) is 4.99 Å². The van der Waals surface area contributed by atoms with E-state index in [1.165, 1.54) is 0 Å². The van der Waals surface area contributed by atoms with E-state index in [1.807, 2.05) is 0 Å². The van der Waals surface area contributed by atoms with E-state index < -0.39 is 0 Å². The third kappa shape index (κ3) is 14.7. The Balaban J connectivity index is 0. The average Bonchev–Trinajstić information content (AvgIpc) is 2.49. The number of amides is 1. The lowest BCUT2D eigenvalue weighted by atomic mass is 10.4. The largest absolute Gasteiger partial charge is 0.385 e. The van der Waals surface area contributed by atoms with Gasteiger partial charge in [0.25, 0.3) is 0 Å². The first-order valence-electron chi connectivity index (χ1n) is 7.91. The quantitative estimate of drug-likeness (QED) is 0.212. The SMILES string of the molecule is CCCNC(=NCC(=O)N(C)C)NCCN(C)CCCOC.I. The van der Waals surface area contributed by atoms with E-state index in [1.54, 1.807) is 26.1 Å². The molecule has 7 nitrogen and oxygen atoms in total. The molecule has 0 saturated heterocycles. The first-order chi connectivity index (χ1) is 10.5. The Hall–Kier alpha value is -0.610. The summed E-state index contributed by atoms with van der Waals surface area (Å²) in [4.78, 5) is 19.7. The van der Waals surface area contributed by atoms with E-state index in [0.29, 0.717) is 5.96 Å². The van der Waals surface area contributed by atoms with Crippen LogP contribution in [0.25, 0.3) is 0 Å². The summed E-state index contributed by atoms with van der Waals surface area (Å²) in [6.45, 7) is 6.59. The van der Waals surface area contributed by atoms with E-state index in [2.05, 4.69) is 34.5 Å². The molecule has 0 aliphatic carbocycles. The highest BCUT2D eigenvalue weighted by Gasteiger charge is 2.04. The van der Waals surface area contributed by atoms with Gasteiger partial charge in [-0.3, -0.25) is 4.79 Å². The fourth-order valence-corrected chi connectivity index (χ4v) is 1.66. The van der Waals surface area contributed by atoms with Crippen LogP contribution in [-0.4, -0.2) is 89.3 Å². The smallest absolute Gasteiger partial charge is 0.243 e. The van der Waals surface area contributed by atoms with Crippen LogP contribution < -0.4 is 10.6 Å². The molecule has 0 bridgehead atoms. The van der Waals surface area contributed by atoms with Gasteiger partial charge in [-0.05, 0) is 19.9 Å². The van der Waals surface area contributed by atoms with Gasteiger partial charge >= 0.3 is 0 Å². The number of halogens is 1. The maximum atomic E-state index is 11.6. The predicted molar refractivity (Wildman–Crippen MR) is 107 cm³/mol. The number of hydrogen-bond acceptors (Lipinski definition) is 4. The van der Waals surface area contributed by atoms with Crippen molar-refractivity contribution in [2.75, 3.05) is 67.6 Å². The molecule has 0 saturated carbocycles. The molecule has 2 N–H and O–H groups in total. The fraction of sp³-hybridized carbons (Fsp3) is 0.867. The number of carbonyl (C=O) groups is 1. The lowest BCUT2D eigenvalue weighted by Crippen LogP contribution is -2.42. The molecule has 0 spiro atoms. The highest BCUT2D eigenvalue weighted by molar-refractivity contribution is 14.0. The highest BCUT2D eigenvalue weighted by Crippen LogP contribution is 1.87. The summed E-state index contributed by atoms with van der Waals surface area (Å²) >= 11 is 0. The molecule has 8 heteroatoms. The maximum Gasteiger partial charge on any atom is 0.243 e. The number of hydrogen-bond donors (Lipinski definition) is 2. The third-order valence-electron chi connectivity index (χ3n) is 3.09. The van der Waals surface area contributed by atoms with Crippen LogP contribution in [0.2, 0.25) is 0 Å². The Bertz CT molecular complexity index is 327. The second-order valence-electron chi connectivity index (χ2n) is 5.46. The number of ether oxygens (including phenoxy) is 1. The van der Waals surface area contributed by atoms with Gasteiger partial charge in [0.15, 0.2) is 5.96 Å². The van der Waals surface area contributed by atoms with Gasteiger partial charge in [0.05, 0.1) is 0 Å². The van der Waals surface area contributed by atoms with Crippen molar-refractivity contribution >= 4 is 35.8 Å². The molecule has 0 fully saturated rings. The highest BCUT2D eigenvalue weighted by atomic mass is 127. The van der Waals surface area contributed by atoms with Gasteiger partial charge in [-0.15, -0.1) is 24.0 Å². The fourth-order valence-electron chi connectivity index (χ4n) is 1.66. The van der Waals surface area contributed by atoms with Crippen LogP contribution in [0.15, 0.2) is 4.99 Å². The molecule has 0 aromatic carbocycles. The normalized spacial score (nSPS) is 11.1. The second kappa shape index (κ2) is 16.3. The first kappa shape index (κ1) is 24.6. The van der Waals surface area contributed by atoms with E-state index in [4.69, 9.17) is 4.74 Å². The van der Waals surface area contributed by atoms with Crippen molar-refractivity contribution < 1.29 is 9.53 Å². The zero-order valence-electron chi connectivity index (χ0n) is 15.2. The van der Waals surface area contributed by atoms with Crippen molar-refractivity contribution in [1.82, 2.24) is 20.4 Å². The molecular weight excluding hydrogens is 409 g/mol. The number of likely N-dealkylation sites (N-methyl/N-ethyl adjacent to an activating group) is 2. The van der Waals surface area contributed by atoms with Crippen LogP contribution in [0.4, 0.5) is 0 Å². The van der Waals surface area contributed by atoms with E-state index >= 15 is 0 Å². The van der Waals surface area contributed by atoms with Crippen molar-refractivity contribution in [3.63, 3.8) is 0 Å². The minimum Gasteiger partial charge on any atom is -0.385 e. The van der Waals surface area contributed by atoms with Crippen molar-refractivity contribution in [3.05, 3.63) is 0 Å². The molecular formula is C15H34IN5O2. The summed E-state index contributed by atoms with van der Waals surface area (Å²) in [5, 5.41) is 6.48. The standard InChI is InChI=1S/C15H33N5O2.HI/c1-6-8-16-15(18-13-14(21)19(2)3)17-9-11-20(4)10-7-12-22-5;/h6-13H2,1-5H3,(H2,16,17,18);1H. The Morgan fingerprint density at radius 2 is 1.78 bits per heavy atom. The minimum absolute atomic E-state index is 0. The molecule has 0 heterocycles. The summed E-state index contributed by atoms with van der Waals surface area (Å²) < 4.78 is 5.05. The maximum absolute atomic E-state index is 11.6. The van der Waals surface area contributed by atoms with Crippen LogP contribution in [0.1, 0.15) is 19.8 Å². The van der Waals surface area contributed by atoms with Gasteiger partial charge in [0.2, 0.25) is 5.91 Å². The lowest BCUT2D eigenvalue weighted by molar-refractivity contribution is -0.127. The van der Waals surface area contributed by atoms with Crippen molar-refractivity contribution in [2.24, 2.45) is 4.99 Å². The van der Waals surface area contributed by atoms with Gasteiger partial charge in [-0.1, -0.05) is 6.92 Å². The molecule has 0 aliphatic rings. The molecule has 138 valence electrons. The van der Waals surface area contributed by atoms with E-state index in [9.17, 15) is 4.79 Å². The van der Waals surface area contributed by atoms with Gasteiger partial charge < -0.3 is 25.2 Å². The molecule has 0 aromatic heterocycles. The molecule has 0 aromatic rings. The molecule has 0 atom stereocenters. The summed E-state index contributed by atoms with van der Waals surface area (Å²) in [6, 6.07) is 0. The predicted octanol–water partition coefficient (Wildman–Crippen LogP) is 0.606. The van der Waals surface area contributed by atoms with Crippen LogP contribution in [0.3, 0.4) is 0 Å². The molecule has 0 aliphatic heterocycles. The van der Waals surface area contributed by atoms with Crippen molar-refractivity contribution in [3.8, 4) is 0 Å². The van der Waals surface area contributed by atoms with Crippen LogP contribution in [0.5, 0.6) is 0 Å². The third-order valence-corrected chi connectivity index (χ3v) is 3.09. The summed E-state index contributed by atoms with van der Waals surface area (Å²) in [5.74, 6) is 0.691. The number of nitrogens with one attached hydrogen (secondary N) is 2. The topological polar surface area (TPSA) is 69.2 Å². The van der Waals surface area contributed by atoms with Crippen LogP contribution in [0, 0.1) is 0 Å². The number of nitrogens with zero attached hydrogens (tertiary/aromatic N) is 3. The van der Waals surface area contributed by atoms with Gasteiger partial charge in [0, 0.05) is 54.0 Å². The molecule has 23 heavy (non-hydrogen) atoms. The zero-order chi connectivity index (χ0) is 16.8. The number of methoxy groups -OCH3 is 1. The number of carbonyl (C=O) groups excluding carboxylic acids is 1. The Kier molecular flexibility index (Phi) is 17.4. The summed E-state index contributed by atoms with van der Waals surface area (Å²) in [7, 11) is 7.28. The number of aliphatic imine (C=N–C) groups is 1. The first-order valence-corrected chi connectivity index (χ1v) is 7.91. The molecule has 0 unspecified atom stereocenters. The second-order valence-corrected chi connectivity index (χ2v) is 5.46. The van der Waals surface area contributed by atoms with Crippen LogP contribution in [-0.2, 0) is 9.53 Å². The summed E-state index contributed by atoms with van der Waals surface area (Å²) in [6.07, 6.45) is 2.04. The lowest BCUT2D eigenvalue weighted by Gasteiger charge is -2.18. The number of rotatable bonds is 11. The van der Waals surface area contributed by atoms with E-state index in [-0.39, 0.29) is 36.4 Å². The Morgan fingerprint density at radius 3 is 2.35 bits per heavy atom. The molecule has 1 amide bonds. The van der Waals surface area contributed by atoms with Crippen molar-refractivity contribution in [2.45, 2.75) is 19.8 Å². The minimum atomic E-state index is -0.00529. The van der Waals surface area contributed by atoms with Crippen molar-refractivity contribution in [1.29, 1.82) is 0 Å². The van der Waals surface area contributed by atoms with Gasteiger partial charge in [-0.2, -0.15) is 0 Å². The molecule has 0 radical (unpaired) electrons.